The van der Waals surface area contributed by atoms with E-state index in [0.717, 1.165) is 64.2 Å². The second kappa shape index (κ2) is 12.1. The van der Waals surface area contributed by atoms with Gasteiger partial charge in [-0.15, -0.1) is 6.42 Å². The zero-order chi connectivity index (χ0) is 18.5. The predicted molar refractivity (Wildman–Crippen MR) is 102 cm³/mol. The molecule has 1 fully saturated rings. The first-order valence-electron chi connectivity index (χ1n) is 10.3. The fraction of sp³-hybridized carbons (Fsp3) is 0.818. The Morgan fingerprint density at radius 2 is 1.88 bits per heavy atom. The summed E-state index contributed by atoms with van der Waals surface area (Å²) in [6.07, 6.45) is 18.3. The lowest BCUT2D eigenvalue weighted by Crippen LogP contribution is -2.34. The summed E-state index contributed by atoms with van der Waals surface area (Å²) < 4.78 is 5.84. The van der Waals surface area contributed by atoms with Gasteiger partial charge in [0.2, 0.25) is 0 Å². The maximum Gasteiger partial charge on any atom is 0.307 e. The lowest BCUT2D eigenvalue weighted by atomic mass is 9.87. The normalized spacial score (nSPS) is 19.4. The smallest absolute Gasteiger partial charge is 0.307 e. The van der Waals surface area contributed by atoms with Gasteiger partial charge >= 0.3 is 5.97 Å². The minimum absolute atomic E-state index is 0.159. The number of carbonyl (C=O) groups is 2. The van der Waals surface area contributed by atoms with Gasteiger partial charge in [-0.1, -0.05) is 51.9 Å². The van der Waals surface area contributed by atoms with E-state index in [-0.39, 0.29) is 5.97 Å². The Kier molecular flexibility index (Phi) is 10.5. The molecule has 0 aliphatic heterocycles. The molecule has 0 heterocycles. The van der Waals surface area contributed by atoms with Gasteiger partial charge in [0.1, 0.15) is 5.78 Å². The van der Waals surface area contributed by atoms with Crippen LogP contribution in [0.4, 0.5) is 0 Å². The van der Waals surface area contributed by atoms with E-state index in [9.17, 15) is 9.59 Å². The Morgan fingerprint density at radius 3 is 2.48 bits per heavy atom. The fourth-order valence-corrected chi connectivity index (χ4v) is 3.60. The van der Waals surface area contributed by atoms with Crippen molar-refractivity contribution in [3.63, 3.8) is 0 Å². The molecule has 0 radical (unpaired) electrons. The van der Waals surface area contributed by atoms with Crippen LogP contribution in [-0.4, -0.2) is 17.4 Å². The molecule has 3 heteroatoms. The number of rotatable bonds is 13. The van der Waals surface area contributed by atoms with Crippen molar-refractivity contribution in [2.45, 2.75) is 109 Å². The van der Waals surface area contributed by atoms with Gasteiger partial charge in [0.25, 0.3) is 0 Å². The van der Waals surface area contributed by atoms with Crippen LogP contribution in [0.15, 0.2) is 0 Å². The number of hydrogen-bond donors (Lipinski definition) is 0. The van der Waals surface area contributed by atoms with Gasteiger partial charge < -0.3 is 4.74 Å². The molecule has 1 saturated carbocycles. The highest BCUT2D eigenvalue weighted by molar-refractivity contribution is 5.80. The minimum Gasteiger partial charge on any atom is -0.446 e. The van der Waals surface area contributed by atoms with Crippen LogP contribution >= 0.6 is 0 Å². The monoisotopic (exact) mass is 348 g/mol. The summed E-state index contributed by atoms with van der Waals surface area (Å²) in [7, 11) is 0. The van der Waals surface area contributed by atoms with Gasteiger partial charge in [0.15, 0.2) is 5.60 Å². The van der Waals surface area contributed by atoms with Crippen molar-refractivity contribution in [3.8, 4) is 12.3 Å². The van der Waals surface area contributed by atoms with Gasteiger partial charge in [0.05, 0.1) is 0 Å². The molecule has 0 amide bonds. The Labute approximate surface area is 154 Å². The summed E-state index contributed by atoms with van der Waals surface area (Å²) in [4.78, 5) is 23.8. The fourth-order valence-electron chi connectivity index (χ4n) is 3.60. The van der Waals surface area contributed by atoms with Gasteiger partial charge in [-0.2, -0.15) is 0 Å². The highest BCUT2D eigenvalue weighted by Crippen LogP contribution is 2.33. The Balaban J connectivity index is 2.57. The maximum absolute atomic E-state index is 12.3. The van der Waals surface area contributed by atoms with Crippen LogP contribution in [-0.2, 0) is 14.3 Å². The van der Waals surface area contributed by atoms with Crippen molar-refractivity contribution in [3.05, 3.63) is 0 Å². The summed E-state index contributed by atoms with van der Waals surface area (Å²) in [5.74, 6) is 3.42. The molecule has 142 valence electrons. The van der Waals surface area contributed by atoms with Gasteiger partial charge in [-0.05, 0) is 44.4 Å². The van der Waals surface area contributed by atoms with Crippen LogP contribution in [0.1, 0.15) is 104 Å². The number of hydrogen-bond acceptors (Lipinski definition) is 3. The molecule has 0 saturated heterocycles. The molecule has 2 atom stereocenters. The average Bonchev–Trinajstić information content (AvgIpc) is 3.02. The molecule has 3 nitrogen and oxygen atoms in total. The first kappa shape index (κ1) is 21.7. The van der Waals surface area contributed by atoms with E-state index in [1.807, 2.05) is 0 Å². The van der Waals surface area contributed by atoms with Crippen molar-refractivity contribution in [1.82, 2.24) is 0 Å². The largest absolute Gasteiger partial charge is 0.446 e. The summed E-state index contributed by atoms with van der Waals surface area (Å²) in [5.41, 5.74) is -0.775. The number of terminal acetylenes is 1. The molecule has 0 bridgehead atoms. The third-order valence-corrected chi connectivity index (χ3v) is 5.30. The van der Waals surface area contributed by atoms with Crippen molar-refractivity contribution >= 4 is 11.8 Å². The zero-order valence-electron chi connectivity index (χ0n) is 16.3. The number of carbonyl (C=O) groups excluding carboxylic acids is 2. The average molecular weight is 349 g/mol. The lowest BCUT2D eigenvalue weighted by molar-refractivity contribution is -0.156. The molecule has 1 unspecified atom stereocenters. The third kappa shape index (κ3) is 8.56. The number of Topliss-reactive ketones (excluding diaryl/α,β-unsaturated/α-hetero) is 1. The highest BCUT2D eigenvalue weighted by Gasteiger charge is 2.33. The van der Waals surface area contributed by atoms with Crippen LogP contribution in [0, 0.1) is 18.3 Å². The quantitative estimate of drug-likeness (QED) is 0.247. The SMILES string of the molecule is C#C[C@](CCCCC)(CCC1CCC(=O)C1)OC(=O)CCCCCC. The number of ether oxygens (including phenoxy) is 1. The number of esters is 1. The number of unbranched alkanes of at least 4 members (excludes halogenated alkanes) is 5. The first-order valence-corrected chi connectivity index (χ1v) is 10.3. The van der Waals surface area contributed by atoms with Crippen molar-refractivity contribution < 1.29 is 14.3 Å². The predicted octanol–water partition coefficient (Wildman–Crippen LogP) is 5.60. The van der Waals surface area contributed by atoms with E-state index in [1.54, 1.807) is 0 Å². The molecule has 1 aliphatic carbocycles. The molecule has 0 N–H and O–H groups in total. The van der Waals surface area contributed by atoms with Crippen LogP contribution < -0.4 is 0 Å². The van der Waals surface area contributed by atoms with E-state index < -0.39 is 5.60 Å². The molecule has 0 aromatic carbocycles. The van der Waals surface area contributed by atoms with E-state index in [4.69, 9.17) is 11.2 Å². The Bertz CT molecular complexity index is 449. The van der Waals surface area contributed by atoms with Crippen LogP contribution in [0.5, 0.6) is 0 Å². The van der Waals surface area contributed by atoms with Gasteiger partial charge in [0, 0.05) is 19.3 Å². The third-order valence-electron chi connectivity index (χ3n) is 5.30. The maximum atomic E-state index is 12.3. The van der Waals surface area contributed by atoms with Crippen molar-refractivity contribution in [1.29, 1.82) is 0 Å². The second-order valence-electron chi connectivity index (χ2n) is 7.57. The molecule has 0 spiro atoms. The van der Waals surface area contributed by atoms with E-state index in [0.29, 0.717) is 37.4 Å². The summed E-state index contributed by atoms with van der Waals surface area (Å²) in [6, 6.07) is 0. The van der Waals surface area contributed by atoms with E-state index in [1.165, 1.54) is 0 Å². The molecule has 25 heavy (non-hydrogen) atoms. The summed E-state index contributed by atoms with van der Waals surface area (Å²) >= 11 is 0. The zero-order valence-corrected chi connectivity index (χ0v) is 16.3. The molecule has 1 aliphatic rings. The van der Waals surface area contributed by atoms with Crippen LogP contribution in [0.3, 0.4) is 0 Å². The molecule has 1 rings (SSSR count). The molecular weight excluding hydrogens is 312 g/mol. The minimum atomic E-state index is -0.775. The number of ketones is 1. The summed E-state index contributed by atoms with van der Waals surface area (Å²) in [6.45, 7) is 4.31. The van der Waals surface area contributed by atoms with E-state index >= 15 is 0 Å². The first-order chi connectivity index (χ1) is 12.0. The standard InChI is InChI=1S/C22H36O3/c1-4-7-9-10-12-21(24)25-22(6-3,16-11-8-5-2)17-15-19-13-14-20(23)18-19/h3,19H,4-5,7-18H2,1-2H3/t19?,22-/m0/s1. The molecular formula is C22H36O3. The van der Waals surface area contributed by atoms with Crippen LogP contribution in [0.25, 0.3) is 0 Å². The van der Waals surface area contributed by atoms with E-state index in [2.05, 4.69) is 19.8 Å². The topological polar surface area (TPSA) is 43.4 Å². The highest BCUT2D eigenvalue weighted by atomic mass is 16.6. The van der Waals surface area contributed by atoms with Crippen molar-refractivity contribution in [2.24, 2.45) is 5.92 Å². The van der Waals surface area contributed by atoms with Gasteiger partial charge in [-0.3, -0.25) is 9.59 Å². The second-order valence-corrected chi connectivity index (χ2v) is 7.57. The summed E-state index contributed by atoms with van der Waals surface area (Å²) in [5, 5.41) is 0. The van der Waals surface area contributed by atoms with Gasteiger partial charge in [-0.25, -0.2) is 0 Å². The van der Waals surface area contributed by atoms with Crippen molar-refractivity contribution in [2.75, 3.05) is 0 Å². The molecule has 0 aromatic rings. The Morgan fingerprint density at radius 1 is 1.16 bits per heavy atom. The molecule has 0 aromatic heterocycles. The van der Waals surface area contributed by atoms with Crippen LogP contribution in [0.2, 0.25) is 0 Å². The Hall–Kier alpha value is -1.30. The lowest BCUT2D eigenvalue weighted by Gasteiger charge is -2.30.